The second-order valence-corrected chi connectivity index (χ2v) is 6.55. The Balaban J connectivity index is 0.000000360. The number of pyridine rings is 1. The first-order chi connectivity index (χ1) is 15.3. The molecule has 0 fully saturated rings. The summed E-state index contributed by atoms with van der Waals surface area (Å²) in [4.78, 5) is 27.0. The number of nitrogens with zero attached hydrogens (tertiary/aromatic N) is 5. The van der Waals surface area contributed by atoms with Crippen LogP contribution < -0.4 is 0 Å². The molecule has 0 aromatic carbocycles. The zero-order valence-corrected chi connectivity index (χ0v) is 16.5. The van der Waals surface area contributed by atoms with Crippen molar-refractivity contribution in [2.24, 2.45) is 0 Å². The number of carbonyl (C=O) groups excluding carboxylic acids is 1. The van der Waals surface area contributed by atoms with Crippen LogP contribution in [-0.2, 0) is 35.8 Å². The van der Waals surface area contributed by atoms with Crippen molar-refractivity contribution in [1.29, 1.82) is 0 Å². The Morgan fingerprint density at radius 2 is 1.94 bits per heavy atom. The van der Waals surface area contributed by atoms with Crippen molar-refractivity contribution < 1.29 is 37.0 Å². The number of rotatable bonds is 5. The third-order valence-electron chi connectivity index (χ3n) is 4.31. The third-order valence-corrected chi connectivity index (χ3v) is 4.31. The fourth-order valence-corrected chi connectivity index (χ4v) is 2.80. The van der Waals surface area contributed by atoms with E-state index in [4.69, 9.17) is 19.1 Å². The maximum absolute atomic E-state index is 12.4. The molecule has 0 atom stereocenters. The molecule has 0 bridgehead atoms. The van der Waals surface area contributed by atoms with Gasteiger partial charge in [0, 0.05) is 25.5 Å². The van der Waals surface area contributed by atoms with Crippen LogP contribution in [0.25, 0.3) is 0 Å². The van der Waals surface area contributed by atoms with Gasteiger partial charge in [0.25, 0.3) is 5.91 Å². The first-order valence-electron chi connectivity index (χ1n) is 9.26. The maximum atomic E-state index is 12.4. The zero-order chi connectivity index (χ0) is 23.1. The number of ether oxygens (including phenoxy) is 1. The average molecular weight is 453 g/mol. The van der Waals surface area contributed by atoms with E-state index in [0.717, 1.165) is 17.2 Å². The van der Waals surface area contributed by atoms with Crippen LogP contribution in [0.3, 0.4) is 0 Å². The second kappa shape index (κ2) is 10.0. The average Bonchev–Trinajstić information content (AvgIpc) is 3.44. The summed E-state index contributed by atoms with van der Waals surface area (Å²) in [7, 11) is 0. The molecule has 0 radical (unpaired) electrons. The standard InChI is InChI=1S/C17H17N5O3.C2HF3O2/c23-17(14-4-2-8-25-14)21-6-7-22-15(10-21)19-20-16(22)12-24-11-13-3-1-5-18-9-13;3-2(4,5)1(6)7/h1-5,8-9H,6-7,10-12H2;(H,6,7). The molecule has 1 aliphatic heterocycles. The lowest BCUT2D eigenvalue weighted by Gasteiger charge is -2.27. The van der Waals surface area contributed by atoms with Crippen LogP contribution in [0.15, 0.2) is 47.3 Å². The summed E-state index contributed by atoms with van der Waals surface area (Å²) < 4.78 is 44.6. The SMILES string of the molecule is O=C(O)C(F)(F)F.O=C(c1ccco1)N1CCn2c(COCc3cccnc3)nnc2C1. The van der Waals surface area contributed by atoms with Crippen LogP contribution in [0.5, 0.6) is 0 Å². The lowest BCUT2D eigenvalue weighted by molar-refractivity contribution is -0.192. The number of furan rings is 1. The number of aliphatic carboxylic acids is 1. The Morgan fingerprint density at radius 3 is 2.56 bits per heavy atom. The van der Waals surface area contributed by atoms with Gasteiger partial charge in [0.15, 0.2) is 17.4 Å². The van der Waals surface area contributed by atoms with Gasteiger partial charge in [0.2, 0.25) is 0 Å². The summed E-state index contributed by atoms with van der Waals surface area (Å²) in [6.07, 6.45) is -0.0804. The van der Waals surface area contributed by atoms with Crippen molar-refractivity contribution in [3.63, 3.8) is 0 Å². The highest BCUT2D eigenvalue weighted by Gasteiger charge is 2.38. The normalized spacial score (nSPS) is 13.2. The smallest absolute Gasteiger partial charge is 0.475 e. The molecular weight excluding hydrogens is 435 g/mol. The highest BCUT2D eigenvalue weighted by atomic mass is 19.4. The molecule has 0 spiro atoms. The van der Waals surface area contributed by atoms with Gasteiger partial charge in [-0.1, -0.05) is 6.07 Å². The molecule has 170 valence electrons. The van der Waals surface area contributed by atoms with Crippen molar-refractivity contribution in [2.75, 3.05) is 6.54 Å². The number of aromatic nitrogens is 4. The fraction of sp³-hybridized carbons (Fsp3) is 0.316. The van der Waals surface area contributed by atoms with Crippen LogP contribution >= 0.6 is 0 Å². The molecule has 0 saturated carbocycles. The number of amides is 1. The minimum absolute atomic E-state index is 0.131. The molecule has 3 aromatic rings. The predicted molar refractivity (Wildman–Crippen MR) is 99.9 cm³/mol. The quantitative estimate of drug-likeness (QED) is 0.624. The Hall–Kier alpha value is -3.74. The van der Waals surface area contributed by atoms with Gasteiger partial charge < -0.3 is 23.7 Å². The van der Waals surface area contributed by atoms with E-state index in [9.17, 15) is 18.0 Å². The van der Waals surface area contributed by atoms with Crippen molar-refractivity contribution in [3.05, 3.63) is 65.9 Å². The van der Waals surface area contributed by atoms with E-state index in [2.05, 4.69) is 15.2 Å². The summed E-state index contributed by atoms with van der Waals surface area (Å²) in [5, 5.41) is 15.5. The largest absolute Gasteiger partial charge is 0.490 e. The first-order valence-corrected chi connectivity index (χ1v) is 9.26. The number of halogens is 3. The molecular formula is C19H18F3N5O5. The number of hydrogen-bond donors (Lipinski definition) is 1. The van der Waals surface area contributed by atoms with Gasteiger partial charge in [-0.3, -0.25) is 9.78 Å². The number of carboxylic acids is 1. The van der Waals surface area contributed by atoms with Crippen LogP contribution in [0, 0.1) is 0 Å². The number of alkyl halides is 3. The van der Waals surface area contributed by atoms with E-state index >= 15 is 0 Å². The molecule has 1 N–H and O–H groups in total. The topological polar surface area (TPSA) is 124 Å². The van der Waals surface area contributed by atoms with Crippen LogP contribution in [0.4, 0.5) is 13.2 Å². The highest BCUT2D eigenvalue weighted by Crippen LogP contribution is 2.16. The van der Waals surface area contributed by atoms with Crippen LogP contribution in [0.2, 0.25) is 0 Å². The Labute approximate surface area is 179 Å². The molecule has 0 aliphatic carbocycles. The Bertz CT molecular complexity index is 1040. The van der Waals surface area contributed by atoms with Crippen molar-refractivity contribution in [2.45, 2.75) is 32.5 Å². The minimum atomic E-state index is -5.08. The van der Waals surface area contributed by atoms with Gasteiger partial charge in [-0.25, -0.2) is 4.79 Å². The monoisotopic (exact) mass is 453 g/mol. The number of fused-ring (bicyclic) bond motifs is 1. The molecule has 1 aliphatic rings. The summed E-state index contributed by atoms with van der Waals surface area (Å²) in [5.41, 5.74) is 1.01. The summed E-state index contributed by atoms with van der Waals surface area (Å²) in [6.45, 7) is 2.48. The molecule has 4 rings (SSSR count). The fourth-order valence-electron chi connectivity index (χ4n) is 2.80. The van der Waals surface area contributed by atoms with Gasteiger partial charge in [-0.2, -0.15) is 13.2 Å². The van der Waals surface area contributed by atoms with Crippen LogP contribution in [-0.4, -0.2) is 54.4 Å². The maximum Gasteiger partial charge on any atom is 0.490 e. The molecule has 10 nitrogen and oxygen atoms in total. The van der Waals surface area contributed by atoms with E-state index in [1.165, 1.54) is 6.26 Å². The number of carbonyl (C=O) groups is 2. The van der Waals surface area contributed by atoms with Gasteiger partial charge in [-0.05, 0) is 23.8 Å². The van der Waals surface area contributed by atoms with Crippen molar-refractivity contribution >= 4 is 11.9 Å². The van der Waals surface area contributed by atoms with Crippen LogP contribution in [0.1, 0.15) is 27.8 Å². The minimum Gasteiger partial charge on any atom is -0.475 e. The lowest BCUT2D eigenvalue weighted by Crippen LogP contribution is -2.38. The Morgan fingerprint density at radius 1 is 1.16 bits per heavy atom. The second-order valence-electron chi connectivity index (χ2n) is 6.55. The van der Waals surface area contributed by atoms with Gasteiger partial charge in [0.1, 0.15) is 6.61 Å². The van der Waals surface area contributed by atoms with Gasteiger partial charge in [-0.15, -0.1) is 10.2 Å². The molecule has 32 heavy (non-hydrogen) atoms. The van der Waals surface area contributed by atoms with Crippen molar-refractivity contribution in [1.82, 2.24) is 24.6 Å². The van der Waals surface area contributed by atoms with Gasteiger partial charge in [0.05, 0.1) is 19.4 Å². The number of hydrogen-bond acceptors (Lipinski definition) is 7. The molecule has 13 heteroatoms. The predicted octanol–water partition coefficient (Wildman–Crippen LogP) is 2.27. The van der Waals surface area contributed by atoms with E-state index in [-0.39, 0.29) is 5.91 Å². The lowest BCUT2D eigenvalue weighted by atomic mass is 10.3. The molecule has 0 unspecified atom stereocenters. The Kier molecular flexibility index (Phi) is 7.20. The highest BCUT2D eigenvalue weighted by molar-refractivity contribution is 5.91. The summed E-state index contributed by atoms with van der Waals surface area (Å²) >= 11 is 0. The molecule has 3 aromatic heterocycles. The van der Waals surface area contributed by atoms with Crippen molar-refractivity contribution in [3.8, 4) is 0 Å². The molecule has 1 amide bonds. The molecule has 4 heterocycles. The third kappa shape index (κ3) is 5.91. The zero-order valence-electron chi connectivity index (χ0n) is 16.5. The number of carboxylic acid groups (broad SMARTS) is 1. The van der Waals surface area contributed by atoms with Gasteiger partial charge >= 0.3 is 12.1 Å². The van der Waals surface area contributed by atoms with E-state index in [0.29, 0.717) is 38.6 Å². The van der Waals surface area contributed by atoms with E-state index in [1.807, 2.05) is 16.7 Å². The van der Waals surface area contributed by atoms with E-state index in [1.54, 1.807) is 29.4 Å². The summed E-state index contributed by atoms with van der Waals surface area (Å²) in [6, 6.07) is 7.21. The summed E-state index contributed by atoms with van der Waals surface area (Å²) in [5.74, 6) is -1.02. The first kappa shape index (κ1) is 22.9. The molecule has 0 saturated heterocycles. The van der Waals surface area contributed by atoms with E-state index < -0.39 is 12.1 Å².